The lowest BCUT2D eigenvalue weighted by Crippen LogP contribution is -2.14. The van der Waals surface area contributed by atoms with Gasteiger partial charge >= 0.3 is 6.18 Å². The van der Waals surface area contributed by atoms with Gasteiger partial charge in [-0.05, 0) is 17.7 Å². The summed E-state index contributed by atoms with van der Waals surface area (Å²) in [7, 11) is 1.46. The Hall–Kier alpha value is -0.710. The summed E-state index contributed by atoms with van der Waals surface area (Å²) < 4.78 is 41.6. The molecular weight excluding hydrogens is 261 g/mol. The maximum absolute atomic E-state index is 12.2. The van der Waals surface area contributed by atoms with Crippen molar-refractivity contribution in [2.45, 2.75) is 11.0 Å². The zero-order chi connectivity index (χ0) is 10.8. The van der Waals surface area contributed by atoms with Crippen LogP contribution in [0, 0.1) is 0 Å². The zero-order valence-corrected chi connectivity index (χ0v) is 8.89. The van der Waals surface area contributed by atoms with Crippen molar-refractivity contribution in [2.24, 2.45) is 0 Å². The Bertz CT molecular complexity index is 294. The molecule has 0 aliphatic rings. The molecule has 0 saturated heterocycles. The number of alkyl halides is 4. The summed E-state index contributed by atoms with van der Waals surface area (Å²) in [6, 6.07) is 5.75. The first kappa shape index (κ1) is 11.4. The third-order valence-electron chi connectivity index (χ3n) is 1.70. The number of benzene rings is 1. The maximum atomic E-state index is 12.2. The fourth-order valence-corrected chi connectivity index (χ4v) is 1.27. The van der Waals surface area contributed by atoms with Gasteiger partial charge in [0.05, 0.1) is 7.11 Å². The summed E-state index contributed by atoms with van der Waals surface area (Å²) in [5, 5.41) is 0. The van der Waals surface area contributed by atoms with Crippen LogP contribution in [-0.4, -0.2) is 13.3 Å². The molecular formula is C9H8BrF3O. The van der Waals surface area contributed by atoms with Crippen LogP contribution in [0.5, 0.6) is 5.75 Å². The molecule has 0 aliphatic heterocycles. The van der Waals surface area contributed by atoms with Gasteiger partial charge in [-0.2, -0.15) is 13.2 Å². The SMILES string of the molecule is COc1ccc([C@@H](Br)C(F)(F)F)cc1. The van der Waals surface area contributed by atoms with E-state index in [1.54, 1.807) is 0 Å². The van der Waals surface area contributed by atoms with Crippen molar-refractivity contribution in [1.29, 1.82) is 0 Å². The molecule has 0 unspecified atom stereocenters. The van der Waals surface area contributed by atoms with Crippen LogP contribution in [0.2, 0.25) is 0 Å². The van der Waals surface area contributed by atoms with Crippen molar-refractivity contribution in [3.63, 3.8) is 0 Å². The van der Waals surface area contributed by atoms with E-state index >= 15 is 0 Å². The summed E-state index contributed by atoms with van der Waals surface area (Å²) >= 11 is 2.59. The molecule has 1 aromatic rings. The number of hydrogen-bond donors (Lipinski definition) is 0. The Kier molecular flexibility index (Phi) is 3.42. The molecule has 0 radical (unpaired) electrons. The van der Waals surface area contributed by atoms with Gasteiger partial charge in [-0.3, -0.25) is 0 Å². The molecule has 5 heteroatoms. The Labute approximate surface area is 88.0 Å². The molecule has 78 valence electrons. The number of ether oxygens (including phenoxy) is 1. The summed E-state index contributed by atoms with van der Waals surface area (Å²) in [4.78, 5) is -1.62. The molecule has 0 spiro atoms. The fraction of sp³-hybridized carbons (Fsp3) is 0.333. The number of methoxy groups -OCH3 is 1. The molecule has 1 atom stereocenters. The molecule has 0 aliphatic carbocycles. The second kappa shape index (κ2) is 4.21. The molecule has 14 heavy (non-hydrogen) atoms. The largest absolute Gasteiger partial charge is 0.497 e. The molecule has 0 saturated carbocycles. The van der Waals surface area contributed by atoms with Crippen molar-refractivity contribution in [2.75, 3.05) is 7.11 Å². The highest BCUT2D eigenvalue weighted by Crippen LogP contribution is 2.39. The van der Waals surface area contributed by atoms with Gasteiger partial charge in [0, 0.05) is 0 Å². The third kappa shape index (κ3) is 2.64. The van der Waals surface area contributed by atoms with E-state index in [-0.39, 0.29) is 5.56 Å². The standard InChI is InChI=1S/C9H8BrF3O/c1-14-7-4-2-6(3-5-7)8(10)9(11,12)13/h2-5,8H,1H3/t8-/m1/s1. The highest BCUT2D eigenvalue weighted by atomic mass is 79.9. The average Bonchev–Trinajstić information content (AvgIpc) is 2.15. The topological polar surface area (TPSA) is 9.23 Å². The predicted molar refractivity (Wildman–Crippen MR) is 50.7 cm³/mol. The van der Waals surface area contributed by atoms with Gasteiger partial charge in [0.2, 0.25) is 0 Å². The van der Waals surface area contributed by atoms with Gasteiger partial charge in [-0.25, -0.2) is 0 Å². The van der Waals surface area contributed by atoms with Gasteiger partial charge in [0.15, 0.2) is 0 Å². The Morgan fingerprint density at radius 1 is 1.21 bits per heavy atom. The lowest BCUT2D eigenvalue weighted by molar-refractivity contribution is -0.128. The summed E-state index contributed by atoms with van der Waals surface area (Å²) in [6.45, 7) is 0. The van der Waals surface area contributed by atoms with E-state index in [9.17, 15) is 13.2 Å². The van der Waals surface area contributed by atoms with Crippen LogP contribution in [0.3, 0.4) is 0 Å². The molecule has 1 rings (SSSR count). The maximum Gasteiger partial charge on any atom is 0.405 e. The van der Waals surface area contributed by atoms with Crippen LogP contribution in [0.15, 0.2) is 24.3 Å². The highest BCUT2D eigenvalue weighted by Gasteiger charge is 2.38. The second-order valence-electron chi connectivity index (χ2n) is 2.68. The van der Waals surface area contributed by atoms with Gasteiger partial charge in [-0.1, -0.05) is 28.1 Å². The minimum atomic E-state index is -4.27. The normalized spacial score (nSPS) is 13.8. The van der Waals surface area contributed by atoms with E-state index < -0.39 is 11.0 Å². The van der Waals surface area contributed by atoms with Gasteiger partial charge < -0.3 is 4.74 Å². The molecule has 1 aromatic carbocycles. The van der Waals surface area contributed by atoms with Gasteiger partial charge in [0.25, 0.3) is 0 Å². The summed E-state index contributed by atoms with van der Waals surface area (Å²) in [5.41, 5.74) is 0.165. The Morgan fingerprint density at radius 3 is 2.07 bits per heavy atom. The van der Waals surface area contributed by atoms with Crippen LogP contribution < -0.4 is 4.74 Å². The smallest absolute Gasteiger partial charge is 0.405 e. The molecule has 0 N–H and O–H groups in total. The minimum Gasteiger partial charge on any atom is -0.497 e. The lowest BCUT2D eigenvalue weighted by Gasteiger charge is -2.14. The van der Waals surface area contributed by atoms with Crippen LogP contribution in [-0.2, 0) is 0 Å². The van der Waals surface area contributed by atoms with E-state index in [1.807, 2.05) is 0 Å². The summed E-state index contributed by atoms with van der Waals surface area (Å²) in [6.07, 6.45) is -4.27. The van der Waals surface area contributed by atoms with Crippen molar-refractivity contribution in [3.8, 4) is 5.75 Å². The Morgan fingerprint density at radius 2 is 1.71 bits per heavy atom. The van der Waals surface area contributed by atoms with Crippen LogP contribution in [0.4, 0.5) is 13.2 Å². The monoisotopic (exact) mass is 268 g/mol. The number of rotatable bonds is 2. The first-order valence-electron chi connectivity index (χ1n) is 3.80. The van der Waals surface area contributed by atoms with E-state index in [4.69, 9.17) is 4.74 Å². The van der Waals surface area contributed by atoms with Crippen molar-refractivity contribution in [1.82, 2.24) is 0 Å². The first-order chi connectivity index (χ1) is 6.45. The van der Waals surface area contributed by atoms with Crippen LogP contribution in [0.25, 0.3) is 0 Å². The summed E-state index contributed by atoms with van der Waals surface area (Å²) in [5.74, 6) is 0.538. The molecule has 1 nitrogen and oxygen atoms in total. The number of hydrogen-bond acceptors (Lipinski definition) is 1. The van der Waals surface area contributed by atoms with E-state index in [0.29, 0.717) is 5.75 Å². The Balaban J connectivity index is 2.87. The van der Waals surface area contributed by atoms with Crippen molar-refractivity contribution < 1.29 is 17.9 Å². The third-order valence-corrected chi connectivity index (χ3v) is 2.74. The molecule has 0 aromatic heterocycles. The van der Waals surface area contributed by atoms with Crippen molar-refractivity contribution in [3.05, 3.63) is 29.8 Å². The van der Waals surface area contributed by atoms with Crippen molar-refractivity contribution >= 4 is 15.9 Å². The van der Waals surface area contributed by atoms with Crippen LogP contribution >= 0.6 is 15.9 Å². The van der Waals surface area contributed by atoms with Gasteiger partial charge in [0.1, 0.15) is 10.6 Å². The molecule has 0 bridgehead atoms. The molecule has 0 amide bonds. The zero-order valence-electron chi connectivity index (χ0n) is 7.31. The first-order valence-corrected chi connectivity index (χ1v) is 4.71. The van der Waals surface area contributed by atoms with E-state index in [2.05, 4.69) is 15.9 Å². The van der Waals surface area contributed by atoms with Gasteiger partial charge in [-0.15, -0.1) is 0 Å². The predicted octanol–water partition coefficient (Wildman–Crippen LogP) is 3.69. The number of halogens is 4. The fourth-order valence-electron chi connectivity index (χ4n) is 0.962. The van der Waals surface area contributed by atoms with E-state index in [1.165, 1.54) is 31.4 Å². The quantitative estimate of drug-likeness (QED) is 0.744. The van der Waals surface area contributed by atoms with E-state index in [0.717, 1.165) is 0 Å². The molecule has 0 fully saturated rings. The minimum absolute atomic E-state index is 0.165. The molecule has 0 heterocycles. The highest BCUT2D eigenvalue weighted by molar-refractivity contribution is 9.09. The lowest BCUT2D eigenvalue weighted by atomic mass is 10.1. The average molecular weight is 269 g/mol. The second-order valence-corrected chi connectivity index (χ2v) is 3.59. The van der Waals surface area contributed by atoms with Crippen LogP contribution in [0.1, 0.15) is 10.4 Å².